The Morgan fingerprint density at radius 3 is 2.21 bits per heavy atom. The number of likely N-dealkylation sites (tertiary alicyclic amines) is 1. The molecule has 1 amide bonds. The highest BCUT2D eigenvalue weighted by atomic mass is 35.5. The molecule has 0 aromatic heterocycles. The zero-order chi connectivity index (χ0) is 17.2. The number of benzene rings is 1. The van der Waals surface area contributed by atoms with Gasteiger partial charge in [0.15, 0.2) is 0 Å². The Hall–Kier alpha value is -1.11. The van der Waals surface area contributed by atoms with Gasteiger partial charge in [-0.05, 0) is 55.9 Å². The lowest BCUT2D eigenvalue weighted by Crippen LogP contribution is -2.40. The number of nitrogens with zero attached hydrogens (tertiary/aromatic N) is 2. The van der Waals surface area contributed by atoms with E-state index >= 15 is 0 Å². The van der Waals surface area contributed by atoms with Gasteiger partial charge in [0.1, 0.15) is 0 Å². The number of piperidine rings is 1. The highest BCUT2D eigenvalue weighted by Gasteiger charge is 2.31. The molecule has 0 saturated carbocycles. The van der Waals surface area contributed by atoms with Crippen LogP contribution in [0.5, 0.6) is 0 Å². The van der Waals surface area contributed by atoms with Crippen LogP contribution < -0.4 is 0 Å². The van der Waals surface area contributed by atoms with Gasteiger partial charge in [-0.15, -0.1) is 0 Å². The van der Waals surface area contributed by atoms with Gasteiger partial charge in [0, 0.05) is 37.6 Å². The molecule has 2 aliphatic heterocycles. The number of amides is 1. The summed E-state index contributed by atoms with van der Waals surface area (Å²) in [4.78, 5) is 14.4. The van der Waals surface area contributed by atoms with Crippen LogP contribution in [0.2, 0.25) is 5.02 Å². The minimum Gasteiger partial charge on any atom is -0.343 e. The summed E-state index contributed by atoms with van der Waals surface area (Å²) in [7, 11) is -3.47. The molecule has 0 spiro atoms. The molecule has 2 aliphatic rings. The predicted molar refractivity (Wildman–Crippen MR) is 93.4 cm³/mol. The van der Waals surface area contributed by atoms with E-state index in [2.05, 4.69) is 0 Å². The number of carbonyl (C=O) groups excluding carboxylic acids is 1. The lowest BCUT2D eigenvalue weighted by atomic mass is 9.94. The van der Waals surface area contributed by atoms with Crippen LogP contribution in [0, 0.1) is 5.92 Å². The van der Waals surface area contributed by atoms with Crippen molar-refractivity contribution in [3.05, 3.63) is 29.3 Å². The molecule has 7 heteroatoms. The van der Waals surface area contributed by atoms with Gasteiger partial charge in [0.05, 0.1) is 4.90 Å². The summed E-state index contributed by atoms with van der Waals surface area (Å²) < 4.78 is 26.8. The van der Waals surface area contributed by atoms with Gasteiger partial charge < -0.3 is 4.90 Å². The number of hydrogen-bond acceptors (Lipinski definition) is 3. The third-order valence-electron chi connectivity index (χ3n) is 4.95. The monoisotopic (exact) mass is 370 g/mol. The third kappa shape index (κ3) is 3.92. The van der Waals surface area contributed by atoms with Gasteiger partial charge in [-0.3, -0.25) is 4.79 Å². The summed E-state index contributed by atoms with van der Waals surface area (Å²) in [6.07, 6.45) is 4.24. The SMILES string of the molecule is O=C(CC1CCN(S(=O)(=O)c2ccc(Cl)cc2)CC1)N1CCCC1. The normalized spacial score (nSPS) is 20.5. The van der Waals surface area contributed by atoms with Gasteiger partial charge >= 0.3 is 0 Å². The molecule has 5 nitrogen and oxygen atoms in total. The van der Waals surface area contributed by atoms with Crippen LogP contribution >= 0.6 is 11.6 Å². The minimum absolute atomic E-state index is 0.228. The maximum absolute atomic E-state index is 12.6. The summed E-state index contributed by atoms with van der Waals surface area (Å²) in [5, 5.41) is 0.521. The van der Waals surface area contributed by atoms with E-state index in [9.17, 15) is 13.2 Å². The topological polar surface area (TPSA) is 57.7 Å². The molecule has 0 unspecified atom stereocenters. The van der Waals surface area contributed by atoms with E-state index < -0.39 is 10.0 Å². The zero-order valence-corrected chi connectivity index (χ0v) is 15.2. The third-order valence-corrected chi connectivity index (χ3v) is 7.11. The molecule has 2 heterocycles. The smallest absolute Gasteiger partial charge is 0.243 e. The Kier molecular flexibility index (Phi) is 5.47. The molecular formula is C17H23ClN2O3S. The molecule has 1 aromatic carbocycles. The molecule has 24 heavy (non-hydrogen) atoms. The second-order valence-corrected chi connectivity index (χ2v) is 8.97. The number of sulfonamides is 1. The summed E-state index contributed by atoms with van der Waals surface area (Å²) in [6.45, 7) is 2.71. The number of hydrogen-bond donors (Lipinski definition) is 0. The van der Waals surface area contributed by atoms with Crippen molar-refractivity contribution in [1.82, 2.24) is 9.21 Å². The number of carbonyl (C=O) groups is 1. The summed E-state index contributed by atoms with van der Waals surface area (Å²) >= 11 is 5.82. The Morgan fingerprint density at radius 2 is 1.62 bits per heavy atom. The molecule has 1 aromatic rings. The Labute approximate surface area is 148 Å². The molecule has 0 N–H and O–H groups in total. The molecule has 0 radical (unpaired) electrons. The van der Waals surface area contributed by atoms with Crippen molar-refractivity contribution in [3.63, 3.8) is 0 Å². The molecule has 0 bridgehead atoms. The maximum atomic E-state index is 12.6. The highest BCUT2D eigenvalue weighted by Crippen LogP contribution is 2.27. The maximum Gasteiger partial charge on any atom is 0.243 e. The fourth-order valence-corrected chi connectivity index (χ4v) is 5.05. The van der Waals surface area contributed by atoms with Crippen molar-refractivity contribution in [2.45, 2.75) is 37.0 Å². The Bertz CT molecular complexity index is 676. The Morgan fingerprint density at radius 1 is 1.04 bits per heavy atom. The van der Waals surface area contributed by atoms with Crippen molar-refractivity contribution in [2.24, 2.45) is 5.92 Å². The standard InChI is InChI=1S/C17H23ClN2O3S/c18-15-3-5-16(6-4-15)24(22,23)20-11-7-14(8-12-20)13-17(21)19-9-1-2-10-19/h3-6,14H,1-2,7-13H2. The first kappa shape index (κ1) is 17.7. The minimum atomic E-state index is -3.47. The van der Waals surface area contributed by atoms with Crippen LogP contribution in [0.3, 0.4) is 0 Å². The lowest BCUT2D eigenvalue weighted by molar-refractivity contribution is -0.131. The Balaban J connectivity index is 1.56. The zero-order valence-electron chi connectivity index (χ0n) is 13.7. The summed E-state index contributed by atoms with van der Waals surface area (Å²) in [5.74, 6) is 0.515. The first-order chi connectivity index (χ1) is 11.5. The summed E-state index contributed by atoms with van der Waals surface area (Å²) in [6, 6.07) is 6.27. The summed E-state index contributed by atoms with van der Waals surface area (Å²) in [5.41, 5.74) is 0. The van der Waals surface area contributed by atoms with E-state index in [1.807, 2.05) is 4.90 Å². The molecule has 0 aliphatic carbocycles. The molecule has 2 fully saturated rings. The van der Waals surface area contributed by atoms with Crippen LogP contribution in [0.1, 0.15) is 32.1 Å². The van der Waals surface area contributed by atoms with E-state index in [1.165, 1.54) is 4.31 Å². The van der Waals surface area contributed by atoms with Crippen LogP contribution in [-0.4, -0.2) is 49.7 Å². The van der Waals surface area contributed by atoms with Crippen LogP contribution in [0.4, 0.5) is 0 Å². The fraction of sp³-hybridized carbons (Fsp3) is 0.588. The van der Waals surface area contributed by atoms with E-state index in [0.717, 1.165) is 38.8 Å². The first-order valence-electron chi connectivity index (χ1n) is 8.50. The second kappa shape index (κ2) is 7.42. The van der Waals surface area contributed by atoms with Crippen molar-refractivity contribution >= 4 is 27.5 Å². The average molecular weight is 371 g/mol. The molecule has 3 rings (SSSR count). The molecular weight excluding hydrogens is 348 g/mol. The second-order valence-electron chi connectivity index (χ2n) is 6.59. The highest BCUT2D eigenvalue weighted by molar-refractivity contribution is 7.89. The van der Waals surface area contributed by atoms with E-state index in [4.69, 9.17) is 11.6 Å². The molecule has 132 valence electrons. The first-order valence-corrected chi connectivity index (χ1v) is 10.3. The van der Waals surface area contributed by atoms with Crippen molar-refractivity contribution in [3.8, 4) is 0 Å². The molecule has 0 atom stereocenters. The van der Waals surface area contributed by atoms with Crippen LogP contribution in [0.15, 0.2) is 29.2 Å². The van der Waals surface area contributed by atoms with Crippen molar-refractivity contribution < 1.29 is 13.2 Å². The van der Waals surface area contributed by atoms with Gasteiger partial charge in [0.2, 0.25) is 15.9 Å². The predicted octanol–water partition coefficient (Wildman–Crippen LogP) is 2.75. The largest absolute Gasteiger partial charge is 0.343 e. The van der Waals surface area contributed by atoms with Gasteiger partial charge in [0.25, 0.3) is 0 Å². The number of halogens is 1. The van der Waals surface area contributed by atoms with Crippen LogP contribution in [0.25, 0.3) is 0 Å². The van der Waals surface area contributed by atoms with Gasteiger partial charge in [-0.2, -0.15) is 4.31 Å². The van der Waals surface area contributed by atoms with E-state index in [1.54, 1.807) is 24.3 Å². The van der Waals surface area contributed by atoms with E-state index in [0.29, 0.717) is 24.5 Å². The quantitative estimate of drug-likeness (QED) is 0.818. The molecule has 2 saturated heterocycles. The average Bonchev–Trinajstić information content (AvgIpc) is 3.10. The van der Waals surface area contributed by atoms with Crippen molar-refractivity contribution in [1.29, 1.82) is 0 Å². The fourth-order valence-electron chi connectivity index (χ4n) is 3.45. The lowest BCUT2D eigenvalue weighted by Gasteiger charge is -2.31. The van der Waals surface area contributed by atoms with Gasteiger partial charge in [-0.1, -0.05) is 11.6 Å². The number of rotatable bonds is 4. The van der Waals surface area contributed by atoms with Crippen LogP contribution in [-0.2, 0) is 14.8 Å². The van der Waals surface area contributed by atoms with E-state index in [-0.39, 0.29) is 16.7 Å². The van der Waals surface area contributed by atoms with Gasteiger partial charge in [-0.25, -0.2) is 8.42 Å². The van der Waals surface area contributed by atoms with Crippen molar-refractivity contribution in [2.75, 3.05) is 26.2 Å².